The Morgan fingerprint density at radius 1 is 1.35 bits per heavy atom. The standard InChI is InChI=1S/C13H22N4/c1-2-13(6-3-4-7-13)10-17-12-5-8-14-9-11(12)15-16-17/h14H,2-10H2,1H3. The summed E-state index contributed by atoms with van der Waals surface area (Å²) in [5.41, 5.74) is 3.05. The quantitative estimate of drug-likeness (QED) is 0.868. The zero-order valence-corrected chi connectivity index (χ0v) is 10.7. The van der Waals surface area contributed by atoms with Gasteiger partial charge in [-0.25, -0.2) is 4.68 Å². The lowest BCUT2D eigenvalue weighted by Gasteiger charge is -2.28. The molecule has 4 nitrogen and oxygen atoms in total. The topological polar surface area (TPSA) is 42.7 Å². The molecule has 2 aliphatic rings. The van der Waals surface area contributed by atoms with Gasteiger partial charge in [0.1, 0.15) is 0 Å². The lowest BCUT2D eigenvalue weighted by Crippen LogP contribution is -2.28. The van der Waals surface area contributed by atoms with E-state index in [1.54, 1.807) is 0 Å². The minimum absolute atomic E-state index is 0.506. The van der Waals surface area contributed by atoms with Gasteiger partial charge in [0.05, 0.1) is 11.4 Å². The summed E-state index contributed by atoms with van der Waals surface area (Å²) in [5, 5.41) is 12.1. The third-order valence-electron chi connectivity index (χ3n) is 4.65. The average Bonchev–Trinajstić information content (AvgIpc) is 2.99. The molecule has 1 saturated carbocycles. The van der Waals surface area contributed by atoms with Gasteiger partial charge in [0.2, 0.25) is 0 Å². The smallest absolute Gasteiger partial charge is 0.0997 e. The fraction of sp³-hybridized carbons (Fsp3) is 0.846. The Bertz CT molecular complexity index is 390. The van der Waals surface area contributed by atoms with Crippen LogP contribution in [0.5, 0.6) is 0 Å². The summed E-state index contributed by atoms with van der Waals surface area (Å²) in [4.78, 5) is 0. The van der Waals surface area contributed by atoms with Crippen molar-refractivity contribution in [2.24, 2.45) is 5.41 Å². The molecule has 1 aliphatic heterocycles. The van der Waals surface area contributed by atoms with Gasteiger partial charge in [0.25, 0.3) is 0 Å². The molecular formula is C13H22N4. The van der Waals surface area contributed by atoms with Crippen LogP contribution in [-0.2, 0) is 19.5 Å². The normalized spacial score (nSPS) is 22.6. The lowest BCUT2D eigenvalue weighted by molar-refractivity contribution is 0.221. The molecule has 0 aromatic carbocycles. The van der Waals surface area contributed by atoms with E-state index in [0.717, 1.165) is 26.1 Å². The van der Waals surface area contributed by atoms with Crippen LogP contribution >= 0.6 is 0 Å². The number of hydrogen-bond acceptors (Lipinski definition) is 3. The molecule has 0 spiro atoms. The summed E-state index contributed by atoms with van der Waals surface area (Å²) < 4.78 is 2.20. The van der Waals surface area contributed by atoms with Crippen molar-refractivity contribution in [2.75, 3.05) is 6.54 Å². The molecule has 0 amide bonds. The van der Waals surface area contributed by atoms with Gasteiger partial charge in [-0.2, -0.15) is 0 Å². The lowest BCUT2D eigenvalue weighted by atomic mass is 9.83. The van der Waals surface area contributed by atoms with E-state index in [1.807, 2.05) is 0 Å². The second kappa shape index (κ2) is 4.41. The van der Waals surface area contributed by atoms with E-state index in [4.69, 9.17) is 0 Å². The molecule has 1 aromatic heterocycles. The molecule has 94 valence electrons. The van der Waals surface area contributed by atoms with Gasteiger partial charge >= 0.3 is 0 Å². The summed E-state index contributed by atoms with van der Waals surface area (Å²) in [6.45, 7) is 5.38. The highest BCUT2D eigenvalue weighted by atomic mass is 15.4. The zero-order chi connectivity index (χ0) is 11.7. The van der Waals surface area contributed by atoms with Gasteiger partial charge in [-0.15, -0.1) is 5.10 Å². The van der Waals surface area contributed by atoms with Crippen molar-refractivity contribution in [3.8, 4) is 0 Å². The molecule has 17 heavy (non-hydrogen) atoms. The Hall–Kier alpha value is -0.900. The van der Waals surface area contributed by atoms with Crippen molar-refractivity contribution in [3.63, 3.8) is 0 Å². The maximum atomic E-state index is 4.38. The first-order valence-electron chi connectivity index (χ1n) is 6.95. The van der Waals surface area contributed by atoms with E-state index in [9.17, 15) is 0 Å². The maximum absolute atomic E-state index is 4.38. The molecule has 4 heteroatoms. The minimum atomic E-state index is 0.506. The SMILES string of the molecule is CCC1(Cn2nnc3c2CCNC3)CCCC1. The van der Waals surface area contributed by atoms with Crippen LogP contribution in [0.2, 0.25) is 0 Å². The summed E-state index contributed by atoms with van der Waals surface area (Å²) in [6, 6.07) is 0. The third kappa shape index (κ3) is 1.99. The second-order valence-corrected chi connectivity index (χ2v) is 5.63. The van der Waals surface area contributed by atoms with E-state index in [0.29, 0.717) is 5.41 Å². The van der Waals surface area contributed by atoms with Crippen LogP contribution in [0.3, 0.4) is 0 Å². The molecule has 1 fully saturated rings. The first-order chi connectivity index (χ1) is 8.33. The van der Waals surface area contributed by atoms with Gasteiger partial charge in [-0.05, 0) is 24.7 Å². The van der Waals surface area contributed by atoms with Crippen molar-refractivity contribution in [1.29, 1.82) is 0 Å². The maximum Gasteiger partial charge on any atom is 0.0997 e. The fourth-order valence-corrected chi connectivity index (χ4v) is 3.39. The second-order valence-electron chi connectivity index (χ2n) is 5.63. The number of fused-ring (bicyclic) bond motifs is 1. The molecule has 1 N–H and O–H groups in total. The predicted molar refractivity (Wildman–Crippen MR) is 66.6 cm³/mol. The van der Waals surface area contributed by atoms with Crippen molar-refractivity contribution < 1.29 is 0 Å². The summed E-state index contributed by atoms with van der Waals surface area (Å²) in [6.07, 6.45) is 7.90. The molecule has 0 saturated heterocycles. The van der Waals surface area contributed by atoms with Gasteiger partial charge in [0, 0.05) is 26.1 Å². The van der Waals surface area contributed by atoms with E-state index < -0.39 is 0 Å². The summed E-state index contributed by atoms with van der Waals surface area (Å²) >= 11 is 0. The van der Waals surface area contributed by atoms with Crippen molar-refractivity contribution in [2.45, 2.75) is 58.5 Å². The predicted octanol–water partition coefficient (Wildman–Crippen LogP) is 1.89. The Labute approximate surface area is 103 Å². The highest BCUT2D eigenvalue weighted by Gasteiger charge is 2.33. The van der Waals surface area contributed by atoms with Crippen LogP contribution in [0.15, 0.2) is 0 Å². The van der Waals surface area contributed by atoms with Gasteiger partial charge in [-0.1, -0.05) is 25.0 Å². The molecule has 1 aromatic rings. The first kappa shape index (κ1) is 11.2. The van der Waals surface area contributed by atoms with Gasteiger partial charge in [0.15, 0.2) is 0 Å². The van der Waals surface area contributed by atoms with Crippen LogP contribution in [-0.4, -0.2) is 21.5 Å². The van der Waals surface area contributed by atoms with E-state index >= 15 is 0 Å². The Morgan fingerprint density at radius 2 is 2.18 bits per heavy atom. The van der Waals surface area contributed by atoms with Crippen molar-refractivity contribution >= 4 is 0 Å². The summed E-state index contributed by atoms with van der Waals surface area (Å²) in [7, 11) is 0. The molecule has 2 heterocycles. The molecular weight excluding hydrogens is 212 g/mol. The highest BCUT2D eigenvalue weighted by molar-refractivity contribution is 5.13. The Kier molecular flexibility index (Phi) is 2.90. The number of aromatic nitrogens is 3. The molecule has 0 bridgehead atoms. The van der Waals surface area contributed by atoms with E-state index in [1.165, 1.54) is 43.5 Å². The first-order valence-corrected chi connectivity index (χ1v) is 6.95. The number of rotatable bonds is 3. The minimum Gasteiger partial charge on any atom is -0.311 e. The van der Waals surface area contributed by atoms with Crippen LogP contribution in [0.4, 0.5) is 0 Å². The van der Waals surface area contributed by atoms with Crippen LogP contribution in [0.1, 0.15) is 50.4 Å². The van der Waals surface area contributed by atoms with Crippen LogP contribution < -0.4 is 5.32 Å². The number of nitrogens with zero attached hydrogens (tertiary/aromatic N) is 3. The van der Waals surface area contributed by atoms with Crippen molar-refractivity contribution in [1.82, 2.24) is 20.3 Å². The molecule has 0 radical (unpaired) electrons. The van der Waals surface area contributed by atoms with Crippen molar-refractivity contribution in [3.05, 3.63) is 11.4 Å². The largest absolute Gasteiger partial charge is 0.311 e. The average molecular weight is 234 g/mol. The monoisotopic (exact) mass is 234 g/mol. The highest BCUT2D eigenvalue weighted by Crippen LogP contribution is 2.42. The van der Waals surface area contributed by atoms with Crippen LogP contribution in [0, 0.1) is 5.41 Å². The number of hydrogen-bond donors (Lipinski definition) is 1. The Balaban J connectivity index is 1.82. The third-order valence-corrected chi connectivity index (χ3v) is 4.65. The summed E-state index contributed by atoms with van der Waals surface area (Å²) in [5.74, 6) is 0. The molecule has 1 aliphatic carbocycles. The van der Waals surface area contributed by atoms with E-state index in [2.05, 4.69) is 27.2 Å². The Morgan fingerprint density at radius 3 is 2.94 bits per heavy atom. The van der Waals surface area contributed by atoms with Crippen LogP contribution in [0.25, 0.3) is 0 Å². The van der Waals surface area contributed by atoms with Gasteiger partial charge < -0.3 is 5.32 Å². The molecule has 3 rings (SSSR count). The zero-order valence-electron chi connectivity index (χ0n) is 10.7. The van der Waals surface area contributed by atoms with E-state index in [-0.39, 0.29) is 0 Å². The molecule has 0 unspecified atom stereocenters. The molecule has 0 atom stereocenters. The van der Waals surface area contributed by atoms with Gasteiger partial charge in [-0.3, -0.25) is 0 Å². The number of nitrogens with one attached hydrogen (secondary N) is 1. The fourth-order valence-electron chi connectivity index (χ4n) is 3.39.